The summed E-state index contributed by atoms with van der Waals surface area (Å²) >= 11 is 3.47. The van der Waals surface area contributed by atoms with Gasteiger partial charge in [-0.3, -0.25) is 0 Å². The van der Waals surface area contributed by atoms with Gasteiger partial charge in [0, 0.05) is 23.3 Å². The number of aromatic nitrogens is 1. The summed E-state index contributed by atoms with van der Waals surface area (Å²) in [6.45, 7) is 8.68. The molecule has 0 aliphatic carbocycles. The summed E-state index contributed by atoms with van der Waals surface area (Å²) in [6, 6.07) is 4.62. The monoisotopic (exact) mass is 507 g/mol. The van der Waals surface area contributed by atoms with Crippen LogP contribution in [0.15, 0.2) is 27.9 Å². The highest BCUT2D eigenvalue weighted by Gasteiger charge is 2.15. The van der Waals surface area contributed by atoms with E-state index >= 15 is 0 Å². The fraction of sp³-hybridized carbons (Fsp3) is 0.556. The van der Waals surface area contributed by atoms with Gasteiger partial charge in [-0.1, -0.05) is 19.9 Å². The van der Waals surface area contributed by atoms with Crippen LogP contribution in [0.4, 0.5) is 0 Å². The number of thiazole rings is 1. The molecule has 1 atom stereocenters. The van der Waals surface area contributed by atoms with Gasteiger partial charge in [0.25, 0.3) is 0 Å². The van der Waals surface area contributed by atoms with Gasteiger partial charge >= 0.3 is 0 Å². The minimum atomic E-state index is 0. The Hall–Kier alpha value is -0.710. The van der Waals surface area contributed by atoms with Gasteiger partial charge in [0.15, 0.2) is 5.96 Å². The molecule has 0 saturated heterocycles. The Balaban J connectivity index is 0.00000338. The van der Waals surface area contributed by atoms with Gasteiger partial charge in [-0.05, 0) is 38.4 Å². The summed E-state index contributed by atoms with van der Waals surface area (Å²) in [4.78, 5) is 12.9. The van der Waals surface area contributed by atoms with Crippen molar-refractivity contribution in [3.8, 4) is 0 Å². The van der Waals surface area contributed by atoms with Gasteiger partial charge in [0.2, 0.25) is 0 Å². The molecule has 0 aromatic carbocycles. The zero-order chi connectivity index (χ0) is 18.2. The normalized spacial score (nSPS) is 13.0. The molecule has 0 saturated carbocycles. The summed E-state index contributed by atoms with van der Waals surface area (Å²) < 4.78 is 0. The molecule has 0 amide bonds. The third-order valence-electron chi connectivity index (χ3n) is 3.84. The first-order valence-corrected chi connectivity index (χ1v) is 10.4. The second kappa shape index (κ2) is 11.9. The van der Waals surface area contributed by atoms with E-state index in [1.54, 1.807) is 22.7 Å². The van der Waals surface area contributed by atoms with Crippen LogP contribution in [0.3, 0.4) is 0 Å². The Kier molecular flexibility index (Phi) is 10.7. The van der Waals surface area contributed by atoms with Crippen molar-refractivity contribution in [3.05, 3.63) is 38.5 Å². The zero-order valence-electron chi connectivity index (χ0n) is 16.2. The van der Waals surface area contributed by atoms with Crippen molar-refractivity contribution < 1.29 is 0 Å². The van der Waals surface area contributed by atoms with E-state index in [4.69, 9.17) is 4.99 Å². The molecule has 2 aromatic rings. The lowest BCUT2D eigenvalue weighted by Gasteiger charge is -2.24. The first-order valence-electron chi connectivity index (χ1n) is 8.67. The third-order valence-corrected chi connectivity index (χ3v) is 5.66. The first kappa shape index (κ1) is 23.3. The van der Waals surface area contributed by atoms with Gasteiger partial charge < -0.3 is 15.5 Å². The number of aliphatic imine (C=N–C) groups is 1. The molecule has 0 aliphatic heterocycles. The molecule has 2 rings (SSSR count). The Labute approximate surface area is 182 Å². The van der Waals surface area contributed by atoms with E-state index in [0.717, 1.165) is 29.8 Å². The van der Waals surface area contributed by atoms with Crippen LogP contribution in [0.5, 0.6) is 0 Å². The van der Waals surface area contributed by atoms with E-state index in [1.165, 1.54) is 4.88 Å². The van der Waals surface area contributed by atoms with Crippen LogP contribution in [0, 0.1) is 0 Å². The number of hydrogen-bond acceptors (Lipinski definition) is 5. The quantitative estimate of drug-likeness (QED) is 0.318. The fourth-order valence-electron chi connectivity index (χ4n) is 2.36. The highest BCUT2D eigenvalue weighted by atomic mass is 127. The van der Waals surface area contributed by atoms with Crippen LogP contribution in [0.25, 0.3) is 0 Å². The number of rotatable bonds is 8. The summed E-state index contributed by atoms with van der Waals surface area (Å²) in [5.41, 5.74) is 1.15. The van der Waals surface area contributed by atoms with Crippen molar-refractivity contribution in [1.82, 2.24) is 20.5 Å². The van der Waals surface area contributed by atoms with Crippen molar-refractivity contribution in [2.75, 3.05) is 27.2 Å². The molecular formula is C18H30IN5S2. The number of nitrogens with zero attached hydrogens (tertiary/aromatic N) is 3. The van der Waals surface area contributed by atoms with Crippen molar-refractivity contribution in [2.45, 2.75) is 39.3 Å². The van der Waals surface area contributed by atoms with Gasteiger partial charge in [-0.25, -0.2) is 9.98 Å². The highest BCUT2D eigenvalue weighted by molar-refractivity contribution is 14.0. The third kappa shape index (κ3) is 7.13. The number of likely N-dealkylation sites (N-methyl/N-ethyl adjacent to an activating group) is 1. The fourth-order valence-corrected chi connectivity index (χ4v) is 4.16. The average Bonchev–Trinajstić information content (AvgIpc) is 3.24. The molecule has 2 N–H and O–H groups in total. The highest BCUT2D eigenvalue weighted by Crippen LogP contribution is 2.22. The molecule has 146 valence electrons. The summed E-state index contributed by atoms with van der Waals surface area (Å²) in [6.07, 6.45) is 0. The molecule has 8 heteroatoms. The number of guanidine groups is 1. The van der Waals surface area contributed by atoms with Gasteiger partial charge in [0.05, 0.1) is 18.3 Å². The zero-order valence-corrected chi connectivity index (χ0v) is 20.1. The van der Waals surface area contributed by atoms with E-state index in [0.29, 0.717) is 18.5 Å². The molecule has 2 aromatic heterocycles. The number of halogens is 1. The van der Waals surface area contributed by atoms with Crippen LogP contribution in [0.1, 0.15) is 48.3 Å². The maximum atomic E-state index is 4.70. The Morgan fingerprint density at radius 3 is 2.58 bits per heavy atom. The Morgan fingerprint density at radius 2 is 2.04 bits per heavy atom. The average molecular weight is 508 g/mol. The Morgan fingerprint density at radius 1 is 1.27 bits per heavy atom. The number of nitrogens with one attached hydrogen (secondary N) is 2. The van der Waals surface area contributed by atoms with Gasteiger partial charge in [0.1, 0.15) is 5.01 Å². The van der Waals surface area contributed by atoms with E-state index in [9.17, 15) is 0 Å². The maximum absolute atomic E-state index is 4.70. The van der Waals surface area contributed by atoms with Crippen molar-refractivity contribution in [3.63, 3.8) is 0 Å². The predicted octanol–water partition coefficient (Wildman–Crippen LogP) is 4.30. The lowest BCUT2D eigenvalue weighted by atomic mass is 10.2. The van der Waals surface area contributed by atoms with Crippen molar-refractivity contribution in [2.24, 2.45) is 4.99 Å². The van der Waals surface area contributed by atoms with E-state index in [2.05, 4.69) is 78.3 Å². The van der Waals surface area contributed by atoms with Crippen LogP contribution in [0.2, 0.25) is 0 Å². The first-order chi connectivity index (χ1) is 12.0. The summed E-state index contributed by atoms with van der Waals surface area (Å²) in [7, 11) is 4.22. The molecule has 0 radical (unpaired) electrons. The standard InChI is InChI=1S/C18H29N5S2.HI/c1-6-19-18(21-11-17-22-14(12-25-17)13(2)3)20-10-15(23(4)5)16-8-7-9-24-16;/h7-9,12-13,15H,6,10-11H2,1-5H3,(H2,19,20,21);1H. The topological polar surface area (TPSA) is 52.6 Å². The molecule has 1 unspecified atom stereocenters. The minimum Gasteiger partial charge on any atom is -0.357 e. The number of thiophene rings is 1. The molecule has 0 fully saturated rings. The molecule has 5 nitrogen and oxygen atoms in total. The van der Waals surface area contributed by atoms with Crippen LogP contribution >= 0.6 is 46.7 Å². The summed E-state index contributed by atoms with van der Waals surface area (Å²) in [5.74, 6) is 1.30. The molecule has 26 heavy (non-hydrogen) atoms. The SMILES string of the molecule is CCNC(=NCc1nc(C(C)C)cs1)NCC(c1cccs1)N(C)C.I. The predicted molar refractivity (Wildman–Crippen MR) is 125 cm³/mol. The van der Waals surface area contributed by atoms with Crippen molar-refractivity contribution in [1.29, 1.82) is 0 Å². The Bertz CT molecular complexity index is 652. The summed E-state index contributed by atoms with van der Waals surface area (Å²) in [5, 5.41) is 12.1. The molecule has 2 heterocycles. The largest absolute Gasteiger partial charge is 0.357 e. The maximum Gasteiger partial charge on any atom is 0.191 e. The molecule has 0 spiro atoms. The second-order valence-corrected chi connectivity index (χ2v) is 8.31. The number of hydrogen-bond donors (Lipinski definition) is 2. The molecule has 0 bridgehead atoms. The molecular weight excluding hydrogens is 477 g/mol. The van der Waals surface area contributed by atoms with Gasteiger partial charge in [-0.2, -0.15) is 0 Å². The lowest BCUT2D eigenvalue weighted by molar-refractivity contribution is 0.302. The van der Waals surface area contributed by atoms with E-state index in [-0.39, 0.29) is 24.0 Å². The second-order valence-electron chi connectivity index (χ2n) is 6.39. The minimum absolute atomic E-state index is 0. The smallest absolute Gasteiger partial charge is 0.191 e. The molecule has 0 aliphatic rings. The van der Waals surface area contributed by atoms with Crippen molar-refractivity contribution >= 4 is 52.6 Å². The van der Waals surface area contributed by atoms with Crippen LogP contribution < -0.4 is 10.6 Å². The van der Waals surface area contributed by atoms with Crippen LogP contribution in [-0.2, 0) is 6.54 Å². The van der Waals surface area contributed by atoms with Gasteiger partial charge in [-0.15, -0.1) is 46.7 Å². The van der Waals surface area contributed by atoms with E-state index in [1.807, 2.05) is 0 Å². The van der Waals surface area contributed by atoms with E-state index < -0.39 is 0 Å². The van der Waals surface area contributed by atoms with Crippen LogP contribution in [-0.4, -0.2) is 43.0 Å². The lowest BCUT2D eigenvalue weighted by Crippen LogP contribution is -2.41.